The lowest BCUT2D eigenvalue weighted by Crippen LogP contribution is -2.49. The predicted octanol–water partition coefficient (Wildman–Crippen LogP) is 4.65. The summed E-state index contributed by atoms with van der Waals surface area (Å²) in [6.45, 7) is 5.41. The summed E-state index contributed by atoms with van der Waals surface area (Å²) in [6.07, 6.45) is 2.41. The molecular formula is C27H30N4O2. The first kappa shape index (κ1) is 22.5. The molecule has 3 amide bonds. The molecule has 1 fully saturated rings. The highest BCUT2D eigenvalue weighted by atomic mass is 16.2. The molecule has 1 aliphatic heterocycles. The Morgan fingerprint density at radius 3 is 2.48 bits per heavy atom. The average molecular weight is 443 g/mol. The first-order valence-electron chi connectivity index (χ1n) is 11.4. The Labute approximate surface area is 195 Å². The molecule has 2 aromatic carbocycles. The van der Waals surface area contributed by atoms with E-state index in [9.17, 15) is 9.59 Å². The van der Waals surface area contributed by atoms with Crippen LogP contribution in [0.25, 0.3) is 0 Å². The molecule has 1 saturated heterocycles. The van der Waals surface area contributed by atoms with E-state index in [1.54, 1.807) is 11.1 Å². The fourth-order valence-electron chi connectivity index (χ4n) is 4.27. The number of aryl methyl sites for hydroxylation is 2. The van der Waals surface area contributed by atoms with Gasteiger partial charge in [0.1, 0.15) is 0 Å². The number of amides is 3. The zero-order valence-electron chi connectivity index (χ0n) is 19.1. The molecule has 0 bridgehead atoms. The Morgan fingerprint density at radius 1 is 0.970 bits per heavy atom. The molecule has 4 rings (SSSR count). The number of nitrogens with one attached hydrogen (secondary N) is 2. The van der Waals surface area contributed by atoms with E-state index in [0.717, 1.165) is 22.5 Å². The van der Waals surface area contributed by atoms with Crippen molar-refractivity contribution in [3.63, 3.8) is 0 Å². The molecule has 3 aromatic rings. The van der Waals surface area contributed by atoms with Gasteiger partial charge in [0.25, 0.3) is 0 Å². The molecule has 33 heavy (non-hydrogen) atoms. The van der Waals surface area contributed by atoms with Crippen molar-refractivity contribution in [2.24, 2.45) is 5.92 Å². The van der Waals surface area contributed by atoms with Crippen molar-refractivity contribution in [1.82, 2.24) is 15.2 Å². The maximum atomic E-state index is 13.2. The van der Waals surface area contributed by atoms with E-state index in [2.05, 4.69) is 27.8 Å². The topological polar surface area (TPSA) is 74.3 Å². The van der Waals surface area contributed by atoms with Crippen LogP contribution >= 0.6 is 0 Å². The van der Waals surface area contributed by atoms with Gasteiger partial charge in [-0.1, -0.05) is 42.5 Å². The summed E-state index contributed by atoms with van der Waals surface area (Å²) in [7, 11) is 0. The third kappa shape index (κ3) is 5.77. The van der Waals surface area contributed by atoms with Gasteiger partial charge in [-0.25, -0.2) is 4.79 Å². The van der Waals surface area contributed by atoms with Crippen LogP contribution in [0.2, 0.25) is 0 Å². The van der Waals surface area contributed by atoms with E-state index >= 15 is 0 Å². The number of nitrogens with zero attached hydrogens (tertiary/aromatic N) is 2. The van der Waals surface area contributed by atoms with Gasteiger partial charge in [0.05, 0.1) is 18.2 Å². The summed E-state index contributed by atoms with van der Waals surface area (Å²) in [5.41, 5.74) is 5.02. The summed E-state index contributed by atoms with van der Waals surface area (Å²) in [4.78, 5) is 32.3. The monoisotopic (exact) mass is 442 g/mol. The van der Waals surface area contributed by atoms with Crippen LogP contribution in [0.4, 0.5) is 10.5 Å². The van der Waals surface area contributed by atoms with Crippen LogP contribution in [0.3, 0.4) is 0 Å². The molecule has 0 aliphatic carbocycles. The molecule has 0 radical (unpaired) electrons. The van der Waals surface area contributed by atoms with Crippen molar-refractivity contribution >= 4 is 17.6 Å². The zero-order valence-corrected chi connectivity index (χ0v) is 19.1. The number of likely N-dealkylation sites (tertiary alicyclic amines) is 1. The highest BCUT2D eigenvalue weighted by molar-refractivity contribution is 5.90. The summed E-state index contributed by atoms with van der Waals surface area (Å²) in [5.74, 6) is -0.250. The third-order valence-electron chi connectivity index (χ3n) is 6.31. The highest BCUT2D eigenvalue weighted by Crippen LogP contribution is 2.31. The van der Waals surface area contributed by atoms with Gasteiger partial charge in [-0.2, -0.15) is 0 Å². The van der Waals surface area contributed by atoms with Crippen molar-refractivity contribution in [2.75, 3.05) is 18.4 Å². The van der Waals surface area contributed by atoms with Gasteiger partial charge < -0.3 is 15.5 Å². The minimum absolute atomic E-state index is 0.0507. The largest absolute Gasteiger partial charge is 0.350 e. The molecule has 2 unspecified atom stereocenters. The molecule has 1 aliphatic rings. The Bertz CT molecular complexity index is 1100. The minimum atomic E-state index is -0.293. The molecule has 0 saturated carbocycles. The van der Waals surface area contributed by atoms with Crippen molar-refractivity contribution in [3.8, 4) is 0 Å². The highest BCUT2D eigenvalue weighted by Gasteiger charge is 2.34. The van der Waals surface area contributed by atoms with Crippen LogP contribution in [0.5, 0.6) is 0 Å². The van der Waals surface area contributed by atoms with E-state index in [1.165, 1.54) is 5.56 Å². The molecule has 2 N–H and O–H groups in total. The number of benzene rings is 2. The van der Waals surface area contributed by atoms with E-state index in [-0.39, 0.29) is 23.8 Å². The quantitative estimate of drug-likeness (QED) is 0.604. The molecule has 2 atom stereocenters. The Balaban J connectivity index is 1.48. The van der Waals surface area contributed by atoms with Crippen LogP contribution in [-0.4, -0.2) is 34.9 Å². The SMILES string of the molecule is Cc1ccc(NC(=O)N2CC(C(=O)NCc3ccccn3)CC(c3ccccc3)C2)cc1C. The van der Waals surface area contributed by atoms with Crippen LogP contribution < -0.4 is 10.6 Å². The van der Waals surface area contributed by atoms with Gasteiger partial charge in [-0.3, -0.25) is 9.78 Å². The van der Waals surface area contributed by atoms with Gasteiger partial charge in [0.15, 0.2) is 0 Å². The normalized spacial score (nSPS) is 17.9. The molecular weight excluding hydrogens is 412 g/mol. The first-order valence-corrected chi connectivity index (χ1v) is 11.4. The van der Waals surface area contributed by atoms with Crippen molar-refractivity contribution < 1.29 is 9.59 Å². The van der Waals surface area contributed by atoms with Crippen LogP contribution in [0, 0.1) is 19.8 Å². The van der Waals surface area contributed by atoms with Gasteiger partial charge in [0, 0.05) is 30.9 Å². The number of hydrogen-bond acceptors (Lipinski definition) is 3. The first-order chi connectivity index (χ1) is 16.0. The van der Waals surface area contributed by atoms with Gasteiger partial charge >= 0.3 is 6.03 Å². The minimum Gasteiger partial charge on any atom is -0.350 e. The van der Waals surface area contributed by atoms with Gasteiger partial charge in [-0.15, -0.1) is 0 Å². The van der Waals surface area contributed by atoms with Gasteiger partial charge in [-0.05, 0) is 61.2 Å². The van der Waals surface area contributed by atoms with Crippen molar-refractivity contribution in [3.05, 3.63) is 95.3 Å². The number of carbonyl (C=O) groups excluding carboxylic acids is 2. The Kier molecular flexibility index (Phi) is 7.03. The molecule has 2 heterocycles. The number of pyridine rings is 1. The van der Waals surface area contributed by atoms with Crippen LogP contribution in [0.15, 0.2) is 72.9 Å². The number of carbonyl (C=O) groups is 2. The van der Waals surface area contributed by atoms with Crippen LogP contribution in [-0.2, 0) is 11.3 Å². The van der Waals surface area contributed by atoms with Crippen molar-refractivity contribution in [1.29, 1.82) is 0 Å². The number of piperidine rings is 1. The number of rotatable bonds is 5. The standard InChI is InChI=1S/C27H30N4O2/c1-19-11-12-24(14-20(19)2)30-27(33)31-17-22(21-8-4-3-5-9-21)15-23(18-31)26(32)29-16-25-10-6-7-13-28-25/h3-14,22-23H,15-18H2,1-2H3,(H,29,32)(H,30,33). The van der Waals surface area contributed by atoms with Crippen molar-refractivity contribution in [2.45, 2.75) is 32.7 Å². The van der Waals surface area contributed by atoms with Crippen LogP contribution in [0.1, 0.15) is 34.7 Å². The second-order valence-corrected chi connectivity index (χ2v) is 8.71. The second kappa shape index (κ2) is 10.3. The Morgan fingerprint density at radius 2 is 1.76 bits per heavy atom. The number of aromatic nitrogens is 1. The molecule has 170 valence electrons. The lowest BCUT2D eigenvalue weighted by atomic mass is 9.84. The summed E-state index contributed by atoms with van der Waals surface area (Å²) >= 11 is 0. The maximum absolute atomic E-state index is 13.2. The lowest BCUT2D eigenvalue weighted by Gasteiger charge is -2.37. The zero-order chi connectivity index (χ0) is 23.2. The lowest BCUT2D eigenvalue weighted by molar-refractivity contribution is -0.126. The van der Waals surface area contributed by atoms with E-state index < -0.39 is 0 Å². The molecule has 6 heteroatoms. The van der Waals surface area contributed by atoms with E-state index in [4.69, 9.17) is 0 Å². The summed E-state index contributed by atoms with van der Waals surface area (Å²) < 4.78 is 0. The smallest absolute Gasteiger partial charge is 0.321 e. The molecule has 6 nitrogen and oxygen atoms in total. The summed E-state index contributed by atoms with van der Waals surface area (Å²) in [6, 6.07) is 21.5. The molecule has 0 spiro atoms. The number of urea groups is 1. The third-order valence-corrected chi connectivity index (χ3v) is 6.31. The van der Waals surface area contributed by atoms with E-state index in [1.807, 2.05) is 68.4 Å². The fourth-order valence-corrected chi connectivity index (χ4v) is 4.27. The molecule has 1 aromatic heterocycles. The maximum Gasteiger partial charge on any atom is 0.321 e. The predicted molar refractivity (Wildman–Crippen MR) is 130 cm³/mol. The Hall–Kier alpha value is -3.67. The number of anilines is 1. The fraction of sp³-hybridized carbons (Fsp3) is 0.296. The number of hydrogen-bond donors (Lipinski definition) is 2. The second-order valence-electron chi connectivity index (χ2n) is 8.71. The van der Waals surface area contributed by atoms with Gasteiger partial charge in [0.2, 0.25) is 5.91 Å². The van der Waals surface area contributed by atoms with E-state index in [0.29, 0.717) is 26.1 Å². The average Bonchev–Trinajstić information content (AvgIpc) is 2.85. The summed E-state index contributed by atoms with van der Waals surface area (Å²) in [5, 5.41) is 6.02.